The first-order valence-corrected chi connectivity index (χ1v) is 12.1. The van der Waals surface area contributed by atoms with Gasteiger partial charge in [-0.15, -0.1) is 0 Å². The third-order valence-electron chi connectivity index (χ3n) is 6.22. The third kappa shape index (κ3) is 6.04. The Morgan fingerprint density at radius 1 is 1.29 bits per heavy atom. The van der Waals surface area contributed by atoms with Crippen molar-refractivity contribution < 1.29 is 18.8 Å². The summed E-state index contributed by atoms with van der Waals surface area (Å²) in [5, 5.41) is 16.3. The lowest BCUT2D eigenvalue weighted by atomic mass is 9.73. The van der Waals surface area contributed by atoms with Gasteiger partial charge in [-0.05, 0) is 30.4 Å². The van der Waals surface area contributed by atoms with Crippen LogP contribution in [0.1, 0.15) is 49.9 Å². The van der Waals surface area contributed by atoms with Crippen LogP contribution >= 0.6 is 11.6 Å². The minimum absolute atomic E-state index is 0.0142. The molecule has 1 saturated carbocycles. The highest BCUT2D eigenvalue weighted by Crippen LogP contribution is 2.29. The molecule has 184 valence electrons. The highest BCUT2D eigenvalue weighted by molar-refractivity contribution is 6.63. The number of carbonyl (C=O) groups excluding carboxylic acids is 1. The van der Waals surface area contributed by atoms with Gasteiger partial charge < -0.3 is 24.7 Å². The highest BCUT2D eigenvalue weighted by atomic mass is 35.5. The normalized spacial score (nSPS) is 21.6. The molecule has 1 saturated heterocycles. The number of ether oxygens (including phenoxy) is 1. The fourth-order valence-electron chi connectivity index (χ4n) is 4.29. The quantitative estimate of drug-likeness (QED) is 0.452. The van der Waals surface area contributed by atoms with E-state index < -0.39 is 13.1 Å². The number of anilines is 3. The molecule has 2 N–H and O–H groups in total. The van der Waals surface area contributed by atoms with Crippen LogP contribution in [0.4, 0.5) is 17.5 Å². The number of esters is 1. The molecule has 35 heavy (non-hydrogen) atoms. The number of nitrogens with one attached hydrogen (secondary N) is 2. The number of benzene rings is 1. The molecule has 2 aliphatic rings. The molecule has 2 atom stereocenters. The molecular weight excluding hydrogens is 469 g/mol. The van der Waals surface area contributed by atoms with Crippen LogP contribution in [-0.2, 0) is 14.0 Å². The summed E-state index contributed by atoms with van der Waals surface area (Å²) in [5.74, 6) is 0.181. The minimum atomic E-state index is -0.655. The number of hydrogen-bond acceptors (Lipinski definition) is 9. The van der Waals surface area contributed by atoms with Crippen molar-refractivity contribution in [3.05, 3.63) is 35.0 Å². The first-order valence-electron chi connectivity index (χ1n) is 11.7. The maximum absolute atomic E-state index is 12.5. The fourth-order valence-corrected chi connectivity index (χ4v) is 4.44. The molecule has 1 aromatic heterocycles. The van der Waals surface area contributed by atoms with Crippen LogP contribution in [0.2, 0.25) is 5.02 Å². The van der Waals surface area contributed by atoms with Gasteiger partial charge in [-0.2, -0.15) is 10.2 Å². The molecule has 0 spiro atoms. The van der Waals surface area contributed by atoms with Crippen molar-refractivity contribution in [2.45, 2.75) is 45.6 Å². The lowest BCUT2D eigenvalue weighted by Gasteiger charge is -2.33. The van der Waals surface area contributed by atoms with Crippen molar-refractivity contribution >= 4 is 47.6 Å². The summed E-state index contributed by atoms with van der Waals surface area (Å²) in [5.41, 5.74) is 1.42. The van der Waals surface area contributed by atoms with E-state index in [2.05, 4.69) is 40.5 Å². The van der Waals surface area contributed by atoms with Crippen LogP contribution in [0.5, 0.6) is 0 Å². The van der Waals surface area contributed by atoms with Crippen molar-refractivity contribution in [1.29, 1.82) is 5.26 Å². The average molecular weight is 498 g/mol. The fraction of sp³-hybridized carbons (Fsp3) is 0.500. The molecule has 0 radical (unpaired) electrons. The maximum atomic E-state index is 12.5. The zero-order valence-corrected chi connectivity index (χ0v) is 20.9. The average Bonchev–Trinajstić information content (AvgIpc) is 2.86. The van der Waals surface area contributed by atoms with E-state index in [0.717, 1.165) is 25.7 Å². The number of carbonyl (C=O) groups is 1. The molecule has 2 fully saturated rings. The first kappa shape index (κ1) is 25.2. The number of methoxy groups -OCH3 is 1. The van der Waals surface area contributed by atoms with Gasteiger partial charge in [0.2, 0.25) is 5.95 Å². The third-order valence-corrected chi connectivity index (χ3v) is 6.49. The smallest absolute Gasteiger partial charge is 0.465 e. The number of nitrogens with zero attached hydrogens (tertiary/aromatic N) is 3. The van der Waals surface area contributed by atoms with Crippen molar-refractivity contribution in [2.24, 2.45) is 11.3 Å². The standard InChI is InChI=1S/C24H29BClN5O4/c1-24(2)13-34-25(35-14-24)18-9-8-16(10-17(18)22(32)33-3)29-23-28-12-19(26)21(31-23)30-20-7-5-4-6-15(20)11-27/h8-10,12,15,20H,4-7,13-14H2,1-3H3,(H2,28,29,30,31). The summed E-state index contributed by atoms with van der Waals surface area (Å²) in [6, 6.07) is 7.59. The Kier molecular flexibility index (Phi) is 7.80. The Hall–Kier alpha value is -2.87. The van der Waals surface area contributed by atoms with E-state index in [1.54, 1.807) is 18.2 Å². The van der Waals surface area contributed by atoms with Gasteiger partial charge in [0.15, 0.2) is 5.82 Å². The summed E-state index contributed by atoms with van der Waals surface area (Å²) in [4.78, 5) is 21.3. The molecule has 2 heterocycles. The van der Waals surface area contributed by atoms with Gasteiger partial charge in [0, 0.05) is 30.4 Å². The largest absolute Gasteiger partial charge is 0.494 e. The molecule has 11 heteroatoms. The van der Waals surface area contributed by atoms with E-state index in [1.807, 2.05) is 0 Å². The Morgan fingerprint density at radius 2 is 2.03 bits per heavy atom. The molecule has 4 rings (SSSR count). The van der Waals surface area contributed by atoms with Crippen LogP contribution in [0.3, 0.4) is 0 Å². The molecule has 2 unspecified atom stereocenters. The number of hydrogen-bond donors (Lipinski definition) is 2. The maximum Gasteiger partial charge on any atom is 0.494 e. The van der Waals surface area contributed by atoms with Crippen molar-refractivity contribution in [3.63, 3.8) is 0 Å². The van der Waals surface area contributed by atoms with Crippen LogP contribution < -0.4 is 16.1 Å². The Labute approximate surface area is 210 Å². The molecule has 2 aromatic rings. The SMILES string of the molecule is COC(=O)c1cc(Nc2ncc(Cl)c(NC3CCCCC3C#N)n2)ccc1B1OCC(C)(C)CO1. The Morgan fingerprint density at radius 3 is 2.74 bits per heavy atom. The van der Waals surface area contributed by atoms with Crippen molar-refractivity contribution in [2.75, 3.05) is 31.0 Å². The summed E-state index contributed by atoms with van der Waals surface area (Å²) >= 11 is 6.33. The van der Waals surface area contributed by atoms with Gasteiger partial charge in [-0.3, -0.25) is 0 Å². The first-order chi connectivity index (χ1) is 16.8. The van der Waals surface area contributed by atoms with Gasteiger partial charge in [0.05, 0.1) is 30.9 Å². The molecule has 9 nitrogen and oxygen atoms in total. The van der Waals surface area contributed by atoms with Gasteiger partial charge in [0.25, 0.3) is 0 Å². The Balaban J connectivity index is 1.54. The van der Waals surface area contributed by atoms with Crippen molar-refractivity contribution in [1.82, 2.24) is 9.97 Å². The number of aromatic nitrogens is 2. The number of rotatable bonds is 6. The summed E-state index contributed by atoms with van der Waals surface area (Å²) in [6.07, 6.45) is 5.35. The van der Waals surface area contributed by atoms with E-state index in [0.29, 0.717) is 46.7 Å². The number of halogens is 1. The van der Waals surface area contributed by atoms with Crippen LogP contribution in [0.15, 0.2) is 24.4 Å². The molecule has 0 amide bonds. The summed E-state index contributed by atoms with van der Waals surface area (Å²) < 4.78 is 16.7. The molecule has 1 aromatic carbocycles. The van der Waals surface area contributed by atoms with E-state index in [-0.39, 0.29) is 17.4 Å². The zero-order chi connectivity index (χ0) is 25.0. The second kappa shape index (κ2) is 10.8. The van der Waals surface area contributed by atoms with Gasteiger partial charge in [-0.1, -0.05) is 44.4 Å². The van der Waals surface area contributed by atoms with E-state index in [9.17, 15) is 10.1 Å². The summed E-state index contributed by atoms with van der Waals surface area (Å²) in [6.45, 7) is 5.14. The minimum Gasteiger partial charge on any atom is -0.465 e. The van der Waals surface area contributed by atoms with Crippen molar-refractivity contribution in [3.8, 4) is 6.07 Å². The van der Waals surface area contributed by atoms with Crippen LogP contribution in [0.25, 0.3) is 0 Å². The van der Waals surface area contributed by atoms with E-state index in [4.69, 9.17) is 25.6 Å². The van der Waals surface area contributed by atoms with Gasteiger partial charge in [0.1, 0.15) is 5.02 Å². The van der Waals surface area contributed by atoms with Crippen LogP contribution in [0, 0.1) is 22.7 Å². The summed E-state index contributed by atoms with van der Waals surface area (Å²) in [7, 11) is 0.676. The second-order valence-corrected chi connectivity index (χ2v) is 10.1. The molecular formula is C24H29BClN5O4. The lowest BCUT2D eigenvalue weighted by Crippen LogP contribution is -2.49. The van der Waals surface area contributed by atoms with Gasteiger partial charge >= 0.3 is 13.1 Å². The van der Waals surface area contributed by atoms with E-state index >= 15 is 0 Å². The van der Waals surface area contributed by atoms with Gasteiger partial charge in [-0.25, -0.2) is 9.78 Å². The second-order valence-electron chi connectivity index (χ2n) is 9.70. The molecule has 1 aliphatic carbocycles. The Bertz CT molecular complexity index is 1120. The topological polar surface area (TPSA) is 118 Å². The monoisotopic (exact) mass is 497 g/mol. The van der Waals surface area contributed by atoms with E-state index in [1.165, 1.54) is 13.3 Å². The predicted octanol–water partition coefficient (Wildman–Crippen LogP) is 3.92. The zero-order valence-electron chi connectivity index (χ0n) is 20.1. The molecule has 1 aliphatic heterocycles. The highest BCUT2D eigenvalue weighted by Gasteiger charge is 2.36. The molecule has 0 bridgehead atoms. The predicted molar refractivity (Wildman–Crippen MR) is 134 cm³/mol. The van der Waals surface area contributed by atoms with Crippen LogP contribution in [-0.4, -0.2) is 49.4 Å². The number of nitriles is 1. The lowest BCUT2D eigenvalue weighted by molar-refractivity contribution is 0.0340.